The van der Waals surface area contributed by atoms with E-state index in [-0.39, 0.29) is 5.91 Å². The van der Waals surface area contributed by atoms with Crippen LogP contribution in [0.2, 0.25) is 10.0 Å². The zero-order valence-electron chi connectivity index (χ0n) is 11.0. The van der Waals surface area contributed by atoms with E-state index in [4.69, 9.17) is 23.2 Å². The molecule has 0 spiro atoms. The molecule has 0 heterocycles. The molecule has 21 heavy (non-hydrogen) atoms. The fraction of sp³-hybridized carbons (Fsp3) is 0. The minimum atomic E-state index is -0.326. The third kappa shape index (κ3) is 5.06. The average Bonchev–Trinajstić information content (AvgIpc) is 2.49. The van der Waals surface area contributed by atoms with Crippen LogP contribution in [0.5, 0.6) is 0 Å². The zero-order chi connectivity index (χ0) is 15.1. The molecular formula is C16H12Cl2N2O. The second-order valence-corrected chi connectivity index (χ2v) is 4.98. The Bertz CT molecular complexity index is 679. The van der Waals surface area contributed by atoms with Crippen LogP contribution in [0.4, 0.5) is 0 Å². The van der Waals surface area contributed by atoms with Gasteiger partial charge in [0.05, 0.1) is 6.21 Å². The number of carbonyl (C=O) groups excluding carboxylic acids is 1. The summed E-state index contributed by atoms with van der Waals surface area (Å²) in [6, 6.07) is 14.4. The maximum absolute atomic E-state index is 11.6. The van der Waals surface area contributed by atoms with Gasteiger partial charge < -0.3 is 0 Å². The highest BCUT2D eigenvalue weighted by molar-refractivity contribution is 6.33. The minimum Gasteiger partial charge on any atom is -0.268 e. The van der Waals surface area contributed by atoms with Crippen molar-refractivity contribution in [2.75, 3.05) is 0 Å². The molecular weight excluding hydrogens is 307 g/mol. The summed E-state index contributed by atoms with van der Waals surface area (Å²) in [6.07, 6.45) is 4.57. The Morgan fingerprint density at radius 1 is 1.05 bits per heavy atom. The van der Waals surface area contributed by atoms with Gasteiger partial charge in [0.2, 0.25) is 0 Å². The van der Waals surface area contributed by atoms with Gasteiger partial charge in [0, 0.05) is 21.7 Å². The van der Waals surface area contributed by atoms with Crippen molar-refractivity contribution in [2.24, 2.45) is 5.10 Å². The van der Waals surface area contributed by atoms with Crippen molar-refractivity contribution >= 4 is 41.4 Å². The van der Waals surface area contributed by atoms with E-state index < -0.39 is 0 Å². The van der Waals surface area contributed by atoms with Crippen molar-refractivity contribution in [3.8, 4) is 0 Å². The van der Waals surface area contributed by atoms with Crippen molar-refractivity contribution in [1.29, 1.82) is 0 Å². The summed E-state index contributed by atoms with van der Waals surface area (Å²) in [6.45, 7) is 0. The van der Waals surface area contributed by atoms with E-state index in [1.165, 1.54) is 12.3 Å². The van der Waals surface area contributed by atoms with Gasteiger partial charge in [-0.15, -0.1) is 0 Å². The monoisotopic (exact) mass is 318 g/mol. The van der Waals surface area contributed by atoms with Gasteiger partial charge >= 0.3 is 0 Å². The predicted molar refractivity (Wildman–Crippen MR) is 87.7 cm³/mol. The molecule has 2 aromatic carbocycles. The van der Waals surface area contributed by atoms with Crippen LogP contribution < -0.4 is 5.43 Å². The summed E-state index contributed by atoms with van der Waals surface area (Å²) in [5.74, 6) is -0.326. The summed E-state index contributed by atoms with van der Waals surface area (Å²) in [5.41, 5.74) is 4.02. The molecule has 1 amide bonds. The number of hydrogen-bond donors (Lipinski definition) is 1. The number of rotatable bonds is 4. The predicted octanol–water partition coefficient (Wildman–Crippen LogP) is 4.16. The van der Waals surface area contributed by atoms with Crippen molar-refractivity contribution in [3.63, 3.8) is 0 Å². The number of halogens is 2. The highest BCUT2D eigenvalue weighted by atomic mass is 35.5. The number of hydrazone groups is 1. The quantitative estimate of drug-likeness (QED) is 0.513. The number of hydrogen-bond acceptors (Lipinski definition) is 2. The Labute approximate surface area is 132 Å². The van der Waals surface area contributed by atoms with Crippen molar-refractivity contribution in [3.05, 3.63) is 75.8 Å². The maximum Gasteiger partial charge on any atom is 0.264 e. The Morgan fingerprint density at radius 2 is 1.76 bits per heavy atom. The molecule has 5 heteroatoms. The van der Waals surface area contributed by atoms with Crippen LogP contribution in [0.3, 0.4) is 0 Å². The van der Waals surface area contributed by atoms with Gasteiger partial charge in [0.15, 0.2) is 0 Å². The smallest absolute Gasteiger partial charge is 0.264 e. The van der Waals surface area contributed by atoms with E-state index in [0.29, 0.717) is 10.0 Å². The second kappa shape index (κ2) is 7.62. The van der Waals surface area contributed by atoms with Crippen LogP contribution in [-0.4, -0.2) is 12.1 Å². The first kappa shape index (κ1) is 15.3. The first-order chi connectivity index (χ1) is 10.1. The summed E-state index contributed by atoms with van der Waals surface area (Å²) in [4.78, 5) is 11.6. The Balaban J connectivity index is 1.90. The van der Waals surface area contributed by atoms with Gasteiger partial charge in [0.25, 0.3) is 5.91 Å². The molecule has 3 nitrogen and oxygen atoms in total. The third-order valence-corrected chi connectivity index (χ3v) is 3.18. The Hall–Kier alpha value is -2.10. The van der Waals surface area contributed by atoms with E-state index in [0.717, 1.165) is 11.1 Å². The summed E-state index contributed by atoms with van der Waals surface area (Å²) < 4.78 is 0. The molecule has 0 fully saturated rings. The van der Waals surface area contributed by atoms with Gasteiger partial charge in [-0.2, -0.15) is 5.10 Å². The molecule has 0 aromatic heterocycles. The van der Waals surface area contributed by atoms with Crippen LogP contribution in [0.15, 0.2) is 59.7 Å². The lowest BCUT2D eigenvalue weighted by atomic mass is 10.2. The number of amides is 1. The highest BCUT2D eigenvalue weighted by Gasteiger charge is 1.95. The van der Waals surface area contributed by atoms with Crippen LogP contribution in [0.25, 0.3) is 6.08 Å². The average molecular weight is 319 g/mol. The van der Waals surface area contributed by atoms with E-state index in [2.05, 4.69) is 10.5 Å². The molecule has 2 rings (SSSR count). The van der Waals surface area contributed by atoms with Gasteiger partial charge in [-0.3, -0.25) is 4.79 Å². The Morgan fingerprint density at radius 3 is 2.48 bits per heavy atom. The lowest BCUT2D eigenvalue weighted by molar-refractivity contribution is -0.116. The molecule has 0 saturated heterocycles. The molecule has 106 valence electrons. The van der Waals surface area contributed by atoms with E-state index >= 15 is 0 Å². The van der Waals surface area contributed by atoms with Gasteiger partial charge in [0.1, 0.15) is 0 Å². The molecule has 0 saturated carbocycles. The third-order valence-electron chi connectivity index (χ3n) is 2.58. The lowest BCUT2D eigenvalue weighted by Crippen LogP contribution is -2.14. The minimum absolute atomic E-state index is 0.326. The standard InChI is InChI=1S/C16H12Cl2N2O/c17-14-8-5-12(6-9-14)7-10-16(21)20-19-11-13-3-1-2-4-15(13)18/h1-11H,(H,20,21)/b10-7+,19-11-. The maximum atomic E-state index is 11.6. The van der Waals surface area contributed by atoms with Gasteiger partial charge in [-0.05, 0) is 29.8 Å². The number of nitrogens with one attached hydrogen (secondary N) is 1. The Kier molecular flexibility index (Phi) is 5.55. The molecule has 1 N–H and O–H groups in total. The van der Waals surface area contributed by atoms with Crippen LogP contribution in [0.1, 0.15) is 11.1 Å². The molecule has 0 aliphatic carbocycles. The number of benzene rings is 2. The van der Waals surface area contributed by atoms with E-state index in [1.54, 1.807) is 24.3 Å². The van der Waals surface area contributed by atoms with Crippen LogP contribution in [-0.2, 0) is 4.79 Å². The second-order valence-electron chi connectivity index (χ2n) is 4.14. The number of carbonyl (C=O) groups is 1. The van der Waals surface area contributed by atoms with Crippen LogP contribution in [0, 0.1) is 0 Å². The van der Waals surface area contributed by atoms with E-state index in [1.807, 2.05) is 30.3 Å². The zero-order valence-corrected chi connectivity index (χ0v) is 12.5. The van der Waals surface area contributed by atoms with Crippen molar-refractivity contribution in [1.82, 2.24) is 5.43 Å². The molecule has 0 bridgehead atoms. The molecule has 0 atom stereocenters. The summed E-state index contributed by atoms with van der Waals surface area (Å²) in [5, 5.41) is 5.08. The summed E-state index contributed by atoms with van der Waals surface area (Å²) in [7, 11) is 0. The SMILES string of the molecule is O=C(/C=C/c1ccc(Cl)cc1)N/N=C\c1ccccc1Cl. The first-order valence-electron chi connectivity index (χ1n) is 6.16. The molecule has 0 aliphatic rings. The van der Waals surface area contributed by atoms with Gasteiger partial charge in [-0.25, -0.2) is 5.43 Å². The topological polar surface area (TPSA) is 41.5 Å². The molecule has 0 aliphatic heterocycles. The molecule has 0 radical (unpaired) electrons. The number of nitrogens with zero attached hydrogens (tertiary/aromatic N) is 1. The highest BCUT2D eigenvalue weighted by Crippen LogP contribution is 2.12. The first-order valence-corrected chi connectivity index (χ1v) is 6.92. The molecule has 2 aromatic rings. The lowest BCUT2D eigenvalue weighted by Gasteiger charge is -1.97. The normalized spacial score (nSPS) is 11.1. The van der Waals surface area contributed by atoms with Crippen LogP contribution >= 0.6 is 23.2 Å². The summed E-state index contributed by atoms with van der Waals surface area (Å²) >= 11 is 11.7. The van der Waals surface area contributed by atoms with Crippen molar-refractivity contribution < 1.29 is 4.79 Å². The molecule has 0 unspecified atom stereocenters. The fourth-order valence-electron chi connectivity index (χ4n) is 1.53. The largest absolute Gasteiger partial charge is 0.268 e. The van der Waals surface area contributed by atoms with Gasteiger partial charge in [-0.1, -0.05) is 53.5 Å². The fourth-order valence-corrected chi connectivity index (χ4v) is 1.84. The van der Waals surface area contributed by atoms with E-state index in [9.17, 15) is 4.79 Å². The van der Waals surface area contributed by atoms with Crippen molar-refractivity contribution in [2.45, 2.75) is 0 Å².